The van der Waals surface area contributed by atoms with Gasteiger partial charge in [0.15, 0.2) is 0 Å². The van der Waals surface area contributed by atoms with E-state index in [1.54, 1.807) is 14.2 Å². The number of fused-ring (bicyclic) bond motifs is 4. The lowest BCUT2D eigenvalue weighted by Crippen LogP contribution is -2.67. The van der Waals surface area contributed by atoms with E-state index in [1.165, 1.54) is 12.7 Å². The van der Waals surface area contributed by atoms with Gasteiger partial charge in [-0.2, -0.15) is 0 Å². The Balaban J connectivity index is 1.46. The summed E-state index contributed by atoms with van der Waals surface area (Å²) in [6.07, 6.45) is 3.75. The lowest BCUT2D eigenvalue weighted by Gasteiger charge is -2.58. The summed E-state index contributed by atoms with van der Waals surface area (Å²) in [6, 6.07) is 6.21. The van der Waals surface area contributed by atoms with E-state index in [0.717, 1.165) is 61.1 Å². The number of benzene rings is 1. The highest BCUT2D eigenvalue weighted by Gasteiger charge is 2.62. The van der Waals surface area contributed by atoms with Crippen LogP contribution in [-0.2, 0) is 35.6 Å². The number of methoxy groups -OCH3 is 3. The Kier molecular flexibility index (Phi) is 6.84. The van der Waals surface area contributed by atoms with E-state index in [2.05, 4.69) is 22.0 Å². The minimum Gasteiger partial charge on any atom is -0.497 e. The van der Waals surface area contributed by atoms with E-state index >= 15 is 0 Å². The number of nitrogens with one attached hydrogen (secondary N) is 1. The van der Waals surface area contributed by atoms with Crippen LogP contribution in [0.25, 0.3) is 10.9 Å². The highest BCUT2D eigenvalue weighted by atomic mass is 16.7. The Morgan fingerprint density at radius 1 is 1.18 bits per heavy atom. The molecular weight excluding hydrogens is 436 g/mol. The molecule has 6 rings (SSSR count). The van der Waals surface area contributed by atoms with Gasteiger partial charge in [0.1, 0.15) is 18.0 Å². The molecule has 34 heavy (non-hydrogen) atoms. The Labute approximate surface area is 200 Å². The van der Waals surface area contributed by atoms with Gasteiger partial charge in [-0.3, -0.25) is 9.69 Å². The molecule has 8 heteroatoms. The highest BCUT2D eigenvalue weighted by molar-refractivity contribution is 5.92. The van der Waals surface area contributed by atoms with Crippen LogP contribution >= 0.6 is 0 Å². The van der Waals surface area contributed by atoms with Gasteiger partial charge >= 0.3 is 5.97 Å². The fourth-order valence-electron chi connectivity index (χ4n) is 6.86. The van der Waals surface area contributed by atoms with Crippen LogP contribution < -0.4 is 4.74 Å². The molecule has 0 amide bonds. The second kappa shape index (κ2) is 9.85. The first-order chi connectivity index (χ1) is 16.6. The fraction of sp³-hybridized carbons (Fsp3) is 0.654. The summed E-state index contributed by atoms with van der Waals surface area (Å²) < 4.78 is 27.2. The average Bonchev–Trinajstić information content (AvgIpc) is 3.19. The van der Waals surface area contributed by atoms with Crippen LogP contribution in [0.2, 0.25) is 0 Å². The third kappa shape index (κ3) is 3.90. The maximum atomic E-state index is 13.7. The van der Waals surface area contributed by atoms with Gasteiger partial charge < -0.3 is 28.7 Å². The summed E-state index contributed by atoms with van der Waals surface area (Å²) in [5.74, 6) is 1.53. The largest absolute Gasteiger partial charge is 0.497 e. The number of hydrogen-bond acceptors (Lipinski definition) is 7. The van der Waals surface area contributed by atoms with Crippen LogP contribution in [0.1, 0.15) is 30.5 Å². The molecule has 4 bridgehead atoms. The van der Waals surface area contributed by atoms with E-state index in [9.17, 15) is 4.79 Å². The van der Waals surface area contributed by atoms with Crippen LogP contribution in [0.5, 0.6) is 5.75 Å². The lowest BCUT2D eigenvalue weighted by atomic mass is 9.56. The number of esters is 1. The third-order valence-electron chi connectivity index (χ3n) is 8.07. The summed E-state index contributed by atoms with van der Waals surface area (Å²) in [7, 11) is 4.87. The Morgan fingerprint density at radius 3 is 2.82 bits per heavy atom. The lowest BCUT2D eigenvalue weighted by molar-refractivity contribution is -0.163. The molecule has 4 heterocycles. The van der Waals surface area contributed by atoms with Crippen molar-refractivity contribution in [2.75, 3.05) is 61.0 Å². The van der Waals surface area contributed by atoms with Gasteiger partial charge in [0.25, 0.3) is 0 Å². The number of rotatable bonds is 10. The van der Waals surface area contributed by atoms with Crippen molar-refractivity contribution in [2.45, 2.75) is 37.1 Å². The standard InChI is InChI=1S/C26H36N2O6/c1-30-10-11-34-16-33-9-7-18-12-17-14-26(25(29)32-3)23-20(6-8-28(15-17)24(18)26)21-13-19(31-2)4-5-22(21)27-23/h4-5,13,17-18,24,27H,6-12,14-16H2,1-3H3. The van der Waals surface area contributed by atoms with Crippen LogP contribution in [-0.4, -0.2) is 82.9 Å². The second-order valence-corrected chi connectivity index (χ2v) is 9.82. The Bertz CT molecular complexity index is 1020. The van der Waals surface area contributed by atoms with Crippen molar-refractivity contribution in [3.63, 3.8) is 0 Å². The SMILES string of the molecule is COCCOCOCCC1CC2CN3CCc4c([nH]c5ccc(OC)cc45)C(C(=O)OC)(C2)C13. The predicted octanol–water partition coefficient (Wildman–Crippen LogP) is 2.88. The zero-order valence-electron chi connectivity index (χ0n) is 20.4. The van der Waals surface area contributed by atoms with Crippen molar-refractivity contribution < 1.29 is 28.5 Å². The Hall–Kier alpha value is -2.13. The molecule has 1 aliphatic carbocycles. The molecule has 3 fully saturated rings. The summed E-state index contributed by atoms with van der Waals surface area (Å²) >= 11 is 0. The summed E-state index contributed by atoms with van der Waals surface area (Å²) in [4.78, 5) is 19.9. The molecule has 2 aromatic rings. The van der Waals surface area contributed by atoms with Gasteiger partial charge in [0, 0.05) is 49.4 Å². The van der Waals surface area contributed by atoms with Crippen molar-refractivity contribution in [3.8, 4) is 5.75 Å². The van der Waals surface area contributed by atoms with E-state index in [0.29, 0.717) is 31.7 Å². The zero-order valence-corrected chi connectivity index (χ0v) is 20.4. The van der Waals surface area contributed by atoms with Crippen LogP contribution in [0, 0.1) is 11.8 Å². The quantitative estimate of drug-likeness (QED) is 0.323. The molecule has 1 aromatic carbocycles. The van der Waals surface area contributed by atoms with E-state index in [4.69, 9.17) is 23.7 Å². The number of hydrogen-bond donors (Lipinski definition) is 1. The topological polar surface area (TPSA) is 82.3 Å². The summed E-state index contributed by atoms with van der Waals surface area (Å²) in [5, 5.41) is 1.15. The molecule has 5 atom stereocenters. The molecule has 3 aliphatic heterocycles. The Morgan fingerprint density at radius 2 is 2.03 bits per heavy atom. The molecule has 1 N–H and O–H groups in total. The third-order valence-corrected chi connectivity index (χ3v) is 8.07. The van der Waals surface area contributed by atoms with Gasteiger partial charge in [-0.25, -0.2) is 0 Å². The van der Waals surface area contributed by atoms with E-state index in [-0.39, 0.29) is 18.8 Å². The number of carbonyl (C=O) groups excluding carboxylic acids is 1. The molecule has 4 aliphatic rings. The van der Waals surface area contributed by atoms with Crippen LogP contribution in [0.3, 0.4) is 0 Å². The summed E-state index contributed by atoms with van der Waals surface area (Å²) in [5.41, 5.74) is 2.65. The summed E-state index contributed by atoms with van der Waals surface area (Å²) in [6.45, 7) is 3.95. The van der Waals surface area contributed by atoms with Gasteiger partial charge in [0.2, 0.25) is 0 Å². The molecular formula is C26H36N2O6. The van der Waals surface area contributed by atoms with E-state index < -0.39 is 5.41 Å². The van der Waals surface area contributed by atoms with Crippen LogP contribution in [0.4, 0.5) is 0 Å². The molecule has 1 saturated carbocycles. The number of carbonyl (C=O) groups is 1. The van der Waals surface area contributed by atoms with Crippen molar-refractivity contribution in [2.24, 2.45) is 11.8 Å². The zero-order chi connectivity index (χ0) is 23.7. The fourth-order valence-corrected chi connectivity index (χ4v) is 6.86. The highest BCUT2D eigenvalue weighted by Crippen LogP contribution is 2.55. The first-order valence-electron chi connectivity index (χ1n) is 12.3. The number of piperidine rings is 2. The van der Waals surface area contributed by atoms with E-state index in [1.807, 2.05) is 6.07 Å². The first kappa shape index (κ1) is 23.6. The molecule has 1 aromatic heterocycles. The number of aromatic amines is 1. The van der Waals surface area contributed by atoms with Gasteiger partial charge in [-0.1, -0.05) is 0 Å². The minimum atomic E-state index is -0.687. The number of ether oxygens (including phenoxy) is 5. The molecule has 0 radical (unpaired) electrons. The van der Waals surface area contributed by atoms with Gasteiger partial charge in [0.05, 0.1) is 27.4 Å². The number of aromatic nitrogens is 1. The molecule has 186 valence electrons. The van der Waals surface area contributed by atoms with Gasteiger partial charge in [-0.05, 0) is 61.3 Å². The smallest absolute Gasteiger partial charge is 0.319 e. The van der Waals surface area contributed by atoms with Crippen LogP contribution in [0.15, 0.2) is 18.2 Å². The molecule has 2 saturated heterocycles. The van der Waals surface area contributed by atoms with Crippen molar-refractivity contribution in [1.82, 2.24) is 9.88 Å². The maximum Gasteiger partial charge on any atom is 0.319 e. The van der Waals surface area contributed by atoms with Crippen molar-refractivity contribution >= 4 is 16.9 Å². The second-order valence-electron chi connectivity index (χ2n) is 9.82. The van der Waals surface area contributed by atoms with Gasteiger partial charge in [-0.15, -0.1) is 0 Å². The minimum absolute atomic E-state index is 0.0965. The maximum absolute atomic E-state index is 13.7. The number of H-pyrrole nitrogens is 1. The molecule has 0 spiro atoms. The predicted molar refractivity (Wildman–Crippen MR) is 127 cm³/mol. The van der Waals surface area contributed by atoms with Crippen molar-refractivity contribution in [1.29, 1.82) is 0 Å². The average molecular weight is 473 g/mol. The first-order valence-corrected chi connectivity index (χ1v) is 12.3. The van der Waals surface area contributed by atoms with Crippen molar-refractivity contribution in [3.05, 3.63) is 29.5 Å². The molecule has 5 unspecified atom stereocenters. The number of nitrogens with zero attached hydrogens (tertiary/aromatic N) is 1. The molecule has 8 nitrogen and oxygen atoms in total. The monoisotopic (exact) mass is 472 g/mol. The normalized spacial score (nSPS) is 29.6.